The number of carbonyl (C=O) groups excluding carboxylic acids is 1. The molecule has 0 amide bonds. The molecule has 0 saturated heterocycles. The number of nitrogens with two attached hydrogens (primary N) is 1. The van der Waals surface area contributed by atoms with Crippen LogP contribution in [0.4, 0.5) is 0 Å². The molecule has 2 N–H and O–H groups in total. The molecule has 3 atom stereocenters. The molecule has 106 valence electrons. The highest BCUT2D eigenvalue weighted by Crippen LogP contribution is 2.39. The molecular formula is C14H27NO3. The van der Waals surface area contributed by atoms with Crippen molar-refractivity contribution in [2.75, 3.05) is 13.7 Å². The Labute approximate surface area is 110 Å². The second-order valence-corrected chi connectivity index (χ2v) is 6.36. The number of hydrogen-bond acceptors (Lipinski definition) is 4. The van der Waals surface area contributed by atoms with Crippen LogP contribution in [0.15, 0.2) is 0 Å². The number of ether oxygens (including phenoxy) is 2. The van der Waals surface area contributed by atoms with Gasteiger partial charge in [-0.25, -0.2) is 0 Å². The summed E-state index contributed by atoms with van der Waals surface area (Å²) >= 11 is 0. The lowest BCUT2D eigenvalue weighted by molar-refractivity contribution is -0.155. The molecule has 0 spiro atoms. The van der Waals surface area contributed by atoms with Gasteiger partial charge in [-0.3, -0.25) is 4.79 Å². The minimum atomic E-state index is -0.565. The molecule has 0 radical (unpaired) electrons. The number of carbonyl (C=O) groups is 1. The van der Waals surface area contributed by atoms with Gasteiger partial charge in [0.05, 0.1) is 0 Å². The average Bonchev–Trinajstić information content (AvgIpc) is 2.22. The van der Waals surface area contributed by atoms with Crippen molar-refractivity contribution in [3.05, 3.63) is 0 Å². The molecule has 1 rings (SSSR count). The molecule has 1 aliphatic rings. The lowest BCUT2D eigenvalue weighted by Gasteiger charge is -2.38. The van der Waals surface area contributed by atoms with E-state index in [1.165, 1.54) is 6.42 Å². The van der Waals surface area contributed by atoms with Gasteiger partial charge in [0.25, 0.3) is 0 Å². The van der Waals surface area contributed by atoms with Crippen molar-refractivity contribution in [3.63, 3.8) is 0 Å². The van der Waals surface area contributed by atoms with E-state index in [-0.39, 0.29) is 17.5 Å². The maximum atomic E-state index is 11.8. The second-order valence-electron chi connectivity index (χ2n) is 6.36. The molecular weight excluding hydrogens is 230 g/mol. The molecule has 3 unspecified atom stereocenters. The van der Waals surface area contributed by atoms with Crippen LogP contribution in [0.3, 0.4) is 0 Å². The summed E-state index contributed by atoms with van der Waals surface area (Å²) in [4.78, 5) is 11.8. The molecule has 18 heavy (non-hydrogen) atoms. The highest BCUT2D eigenvalue weighted by molar-refractivity contribution is 5.75. The van der Waals surface area contributed by atoms with E-state index in [1.54, 1.807) is 7.11 Å². The maximum Gasteiger partial charge on any atom is 0.323 e. The summed E-state index contributed by atoms with van der Waals surface area (Å²) < 4.78 is 10.5. The van der Waals surface area contributed by atoms with Crippen LogP contribution in [0.2, 0.25) is 0 Å². The number of esters is 1. The van der Waals surface area contributed by atoms with Gasteiger partial charge in [0.2, 0.25) is 0 Å². The molecule has 0 aromatic carbocycles. The first-order valence-electron chi connectivity index (χ1n) is 6.79. The second kappa shape index (κ2) is 6.53. The lowest BCUT2D eigenvalue weighted by Crippen LogP contribution is -2.39. The quantitative estimate of drug-likeness (QED) is 0.766. The monoisotopic (exact) mass is 257 g/mol. The first kappa shape index (κ1) is 15.4. The van der Waals surface area contributed by atoms with Crippen LogP contribution in [0.5, 0.6) is 0 Å². The maximum absolute atomic E-state index is 11.8. The van der Waals surface area contributed by atoms with Crippen LogP contribution in [0.25, 0.3) is 0 Å². The molecule has 0 aromatic heterocycles. The Morgan fingerprint density at radius 1 is 1.44 bits per heavy atom. The van der Waals surface area contributed by atoms with Crippen LogP contribution >= 0.6 is 0 Å². The Morgan fingerprint density at radius 2 is 2.11 bits per heavy atom. The average molecular weight is 257 g/mol. The predicted octanol–water partition coefficient (Wildman–Crippen LogP) is 2.11. The third-order valence-electron chi connectivity index (χ3n) is 3.57. The molecule has 1 aliphatic carbocycles. The van der Waals surface area contributed by atoms with Crippen molar-refractivity contribution in [2.45, 2.75) is 58.6 Å². The van der Waals surface area contributed by atoms with E-state index in [0.717, 1.165) is 12.8 Å². The van der Waals surface area contributed by atoms with Gasteiger partial charge in [-0.2, -0.15) is 0 Å². The SMILES string of the molecule is COCCC(N)C(=O)OC1CC(C)CC(C)(C)C1. The highest BCUT2D eigenvalue weighted by Gasteiger charge is 2.34. The van der Waals surface area contributed by atoms with E-state index in [9.17, 15) is 4.79 Å². The summed E-state index contributed by atoms with van der Waals surface area (Å²) in [5.41, 5.74) is 6.02. The van der Waals surface area contributed by atoms with Crippen molar-refractivity contribution < 1.29 is 14.3 Å². The first-order chi connectivity index (χ1) is 8.34. The van der Waals surface area contributed by atoms with Crippen LogP contribution in [0.1, 0.15) is 46.5 Å². The Bertz CT molecular complexity index is 278. The predicted molar refractivity (Wildman–Crippen MR) is 71.1 cm³/mol. The van der Waals surface area contributed by atoms with Crippen molar-refractivity contribution in [1.29, 1.82) is 0 Å². The van der Waals surface area contributed by atoms with E-state index in [1.807, 2.05) is 0 Å². The molecule has 0 aliphatic heterocycles. The van der Waals surface area contributed by atoms with E-state index < -0.39 is 6.04 Å². The Kier molecular flexibility index (Phi) is 5.60. The largest absolute Gasteiger partial charge is 0.461 e. The minimum absolute atomic E-state index is 0.0184. The minimum Gasteiger partial charge on any atom is -0.461 e. The molecule has 4 nitrogen and oxygen atoms in total. The highest BCUT2D eigenvalue weighted by atomic mass is 16.5. The van der Waals surface area contributed by atoms with Crippen LogP contribution in [0, 0.1) is 11.3 Å². The number of rotatable bonds is 5. The first-order valence-corrected chi connectivity index (χ1v) is 6.79. The molecule has 1 saturated carbocycles. The van der Waals surface area contributed by atoms with Gasteiger partial charge in [0.1, 0.15) is 12.1 Å². The molecule has 0 heterocycles. The summed E-state index contributed by atoms with van der Waals surface area (Å²) in [5, 5.41) is 0. The zero-order valence-corrected chi connectivity index (χ0v) is 12.1. The van der Waals surface area contributed by atoms with Gasteiger partial charge < -0.3 is 15.2 Å². The normalized spacial score (nSPS) is 28.7. The summed E-state index contributed by atoms with van der Waals surface area (Å²) in [7, 11) is 1.60. The molecule has 0 bridgehead atoms. The molecule has 4 heteroatoms. The smallest absolute Gasteiger partial charge is 0.323 e. The van der Waals surface area contributed by atoms with Gasteiger partial charge in [-0.05, 0) is 37.0 Å². The van der Waals surface area contributed by atoms with Crippen molar-refractivity contribution >= 4 is 5.97 Å². The fraction of sp³-hybridized carbons (Fsp3) is 0.929. The van der Waals surface area contributed by atoms with Crippen LogP contribution in [-0.2, 0) is 14.3 Å². The number of methoxy groups -OCH3 is 1. The van der Waals surface area contributed by atoms with Crippen molar-refractivity contribution in [3.8, 4) is 0 Å². The Morgan fingerprint density at radius 3 is 2.67 bits per heavy atom. The lowest BCUT2D eigenvalue weighted by atomic mass is 9.71. The van der Waals surface area contributed by atoms with E-state index in [0.29, 0.717) is 18.9 Å². The third-order valence-corrected chi connectivity index (χ3v) is 3.57. The standard InChI is InChI=1S/C14H27NO3/c1-10-7-11(9-14(2,3)8-10)18-13(16)12(15)5-6-17-4/h10-12H,5-9,15H2,1-4H3. The Balaban J connectivity index is 2.43. The van der Waals surface area contributed by atoms with E-state index in [4.69, 9.17) is 15.2 Å². The summed E-state index contributed by atoms with van der Waals surface area (Å²) in [6.45, 7) is 7.16. The molecule has 1 fully saturated rings. The van der Waals surface area contributed by atoms with E-state index in [2.05, 4.69) is 20.8 Å². The van der Waals surface area contributed by atoms with Crippen molar-refractivity contribution in [1.82, 2.24) is 0 Å². The van der Waals surface area contributed by atoms with Gasteiger partial charge in [-0.15, -0.1) is 0 Å². The molecule has 0 aromatic rings. The van der Waals surface area contributed by atoms with Crippen LogP contribution < -0.4 is 5.73 Å². The zero-order chi connectivity index (χ0) is 13.8. The fourth-order valence-corrected chi connectivity index (χ4v) is 2.96. The third kappa shape index (κ3) is 4.94. The van der Waals surface area contributed by atoms with Crippen molar-refractivity contribution in [2.24, 2.45) is 17.1 Å². The summed E-state index contributed by atoms with van der Waals surface area (Å²) in [5.74, 6) is 0.309. The fourth-order valence-electron chi connectivity index (χ4n) is 2.96. The number of hydrogen-bond donors (Lipinski definition) is 1. The van der Waals surface area contributed by atoms with Gasteiger partial charge in [0.15, 0.2) is 0 Å². The zero-order valence-electron chi connectivity index (χ0n) is 12.1. The van der Waals surface area contributed by atoms with Crippen LogP contribution in [-0.4, -0.2) is 31.8 Å². The van der Waals surface area contributed by atoms with Gasteiger partial charge in [-0.1, -0.05) is 20.8 Å². The summed E-state index contributed by atoms with van der Waals surface area (Å²) in [6.07, 6.45) is 3.61. The topological polar surface area (TPSA) is 61.5 Å². The van der Waals surface area contributed by atoms with E-state index >= 15 is 0 Å². The Hall–Kier alpha value is -0.610. The van der Waals surface area contributed by atoms with Gasteiger partial charge in [0, 0.05) is 13.7 Å². The summed E-state index contributed by atoms with van der Waals surface area (Å²) in [6, 6.07) is -0.565. The van der Waals surface area contributed by atoms with Gasteiger partial charge >= 0.3 is 5.97 Å².